The van der Waals surface area contributed by atoms with Gasteiger partial charge >= 0.3 is 11.9 Å². The Morgan fingerprint density at radius 3 is 2.61 bits per heavy atom. The molecule has 0 unspecified atom stereocenters. The number of aromatic nitrogens is 3. The topological polar surface area (TPSA) is 167 Å². The number of carbonyl (C=O) groups excluding carboxylic acids is 3. The fourth-order valence-electron chi connectivity index (χ4n) is 4.75. The van der Waals surface area contributed by atoms with Gasteiger partial charge in [-0.05, 0) is 37.0 Å². The second kappa shape index (κ2) is 12.8. The van der Waals surface area contributed by atoms with Gasteiger partial charge in [0.05, 0.1) is 12.1 Å². The number of benzene rings is 1. The molecular weight excluding hydrogens is 530 g/mol. The lowest BCUT2D eigenvalue weighted by atomic mass is 9.93. The van der Waals surface area contributed by atoms with Gasteiger partial charge in [-0.2, -0.15) is 5.10 Å². The Kier molecular flexibility index (Phi) is 9.36. The number of carbonyl (C=O) groups is 3. The van der Waals surface area contributed by atoms with Crippen molar-refractivity contribution in [3.8, 4) is 0 Å². The highest BCUT2D eigenvalue weighted by Crippen LogP contribution is 2.42. The van der Waals surface area contributed by atoms with Crippen molar-refractivity contribution in [1.82, 2.24) is 14.6 Å². The van der Waals surface area contributed by atoms with Crippen LogP contribution in [0.4, 0.5) is 5.82 Å². The van der Waals surface area contributed by atoms with Crippen molar-refractivity contribution in [3.05, 3.63) is 60.0 Å². The third-order valence-electron chi connectivity index (χ3n) is 7.18. The average Bonchev–Trinajstić information content (AvgIpc) is 3.48. The summed E-state index contributed by atoms with van der Waals surface area (Å²) >= 11 is 0. The van der Waals surface area contributed by atoms with E-state index in [9.17, 15) is 19.5 Å². The molecular formula is C29H37N5O7. The molecule has 3 aromatic rings. The van der Waals surface area contributed by atoms with Crippen LogP contribution in [0.5, 0.6) is 0 Å². The Morgan fingerprint density at radius 1 is 1.20 bits per heavy atom. The molecule has 1 amide bonds. The Morgan fingerprint density at radius 2 is 1.93 bits per heavy atom. The summed E-state index contributed by atoms with van der Waals surface area (Å²) in [6.45, 7) is 6.82. The van der Waals surface area contributed by atoms with E-state index >= 15 is 0 Å². The summed E-state index contributed by atoms with van der Waals surface area (Å²) in [5.74, 6) is -1.30. The number of rotatable bonds is 11. The number of aliphatic hydroxyl groups excluding tert-OH is 1. The minimum Gasteiger partial charge on any atom is -0.463 e. The zero-order valence-electron chi connectivity index (χ0n) is 23.6. The Bertz CT molecular complexity index is 1380. The van der Waals surface area contributed by atoms with Gasteiger partial charge < -0.3 is 30.4 Å². The minimum absolute atomic E-state index is 0.0445. The quantitative estimate of drug-likeness (QED) is 0.292. The van der Waals surface area contributed by atoms with Crippen molar-refractivity contribution >= 4 is 29.2 Å². The summed E-state index contributed by atoms with van der Waals surface area (Å²) in [5, 5.41) is 18.6. The first-order valence-corrected chi connectivity index (χ1v) is 13.7. The second-order valence-electron chi connectivity index (χ2n) is 10.6. The van der Waals surface area contributed by atoms with Gasteiger partial charge in [0.25, 0.3) is 0 Å². The van der Waals surface area contributed by atoms with Crippen LogP contribution in [-0.4, -0.2) is 68.5 Å². The van der Waals surface area contributed by atoms with Crippen LogP contribution in [0.3, 0.4) is 0 Å². The number of ether oxygens (including phenoxy) is 3. The Labute approximate surface area is 238 Å². The van der Waals surface area contributed by atoms with Crippen LogP contribution in [0.15, 0.2) is 48.8 Å². The predicted molar refractivity (Wildman–Crippen MR) is 149 cm³/mol. The first kappa shape index (κ1) is 30.1. The summed E-state index contributed by atoms with van der Waals surface area (Å²) in [5.41, 5.74) is 6.24. The van der Waals surface area contributed by atoms with Crippen molar-refractivity contribution in [2.45, 2.75) is 76.9 Å². The van der Waals surface area contributed by atoms with E-state index in [1.54, 1.807) is 32.9 Å². The lowest BCUT2D eigenvalue weighted by molar-refractivity contribution is -0.162. The number of nitrogens with one attached hydrogen (secondary N) is 1. The number of hydrogen-bond acceptors (Lipinski definition) is 10. The van der Waals surface area contributed by atoms with Crippen LogP contribution >= 0.6 is 0 Å². The molecule has 220 valence electrons. The molecule has 12 nitrogen and oxygen atoms in total. The van der Waals surface area contributed by atoms with Gasteiger partial charge in [-0.1, -0.05) is 51.1 Å². The molecule has 0 radical (unpaired) electrons. The Hall–Kier alpha value is -3.87. The largest absolute Gasteiger partial charge is 0.463 e. The number of amides is 1. The number of fused-ring (bicyclic) bond motifs is 1. The molecule has 1 aromatic carbocycles. The normalized spacial score (nSPS) is 23.0. The maximum absolute atomic E-state index is 12.8. The Balaban J connectivity index is 1.61. The third-order valence-corrected chi connectivity index (χ3v) is 7.18. The van der Waals surface area contributed by atoms with Crippen molar-refractivity contribution in [2.24, 2.45) is 11.7 Å². The zero-order valence-corrected chi connectivity index (χ0v) is 23.6. The van der Waals surface area contributed by atoms with Crippen molar-refractivity contribution < 1.29 is 33.7 Å². The maximum atomic E-state index is 12.8. The molecule has 1 aliphatic rings. The number of hydrogen-bond donors (Lipinski definition) is 3. The molecule has 12 heteroatoms. The molecule has 5 atom stereocenters. The van der Waals surface area contributed by atoms with Crippen molar-refractivity contribution in [3.63, 3.8) is 0 Å². The van der Waals surface area contributed by atoms with Gasteiger partial charge in [-0.3, -0.25) is 14.4 Å². The highest BCUT2D eigenvalue weighted by Gasteiger charge is 2.56. The molecule has 1 aliphatic heterocycles. The standard InChI is InChI=1S/C29H37N5O7/c1-5-9-22(35)33-27-19-12-13-21(34(19)32-16-31-27)29(4)26(37)25(40-28(38)24(30)17(2)3)20(41-29)15-39-23(36)14-18-10-7-6-8-11-18/h6-8,10-13,16-17,20,24-26,37H,5,9,14-15,30H2,1-4H3,(H,31,32,33,35)/t20-,24+,25-,26-,29+/m1/s1. The number of nitrogens with two attached hydrogens (primary N) is 1. The van der Waals surface area contributed by atoms with Gasteiger partial charge in [0.1, 0.15) is 42.3 Å². The molecule has 1 fully saturated rings. The average molecular weight is 568 g/mol. The van der Waals surface area contributed by atoms with Crippen molar-refractivity contribution in [2.75, 3.05) is 11.9 Å². The lowest BCUT2D eigenvalue weighted by Gasteiger charge is -2.28. The second-order valence-corrected chi connectivity index (χ2v) is 10.6. The highest BCUT2D eigenvalue weighted by molar-refractivity contribution is 5.93. The molecule has 41 heavy (non-hydrogen) atoms. The number of anilines is 1. The molecule has 0 saturated carbocycles. The van der Waals surface area contributed by atoms with E-state index < -0.39 is 41.9 Å². The van der Waals surface area contributed by atoms with E-state index in [1.165, 1.54) is 10.8 Å². The summed E-state index contributed by atoms with van der Waals surface area (Å²) in [6.07, 6.45) is -1.25. The van der Waals surface area contributed by atoms with Crippen LogP contribution in [0, 0.1) is 5.92 Å². The summed E-state index contributed by atoms with van der Waals surface area (Å²) in [6, 6.07) is 11.6. The first-order chi connectivity index (χ1) is 19.5. The number of aliphatic hydroxyl groups is 1. The van der Waals surface area contributed by atoms with Gasteiger partial charge in [0, 0.05) is 6.42 Å². The molecule has 0 bridgehead atoms. The van der Waals surface area contributed by atoms with E-state index in [0.29, 0.717) is 29.9 Å². The van der Waals surface area contributed by atoms with Crippen LogP contribution < -0.4 is 11.1 Å². The fraction of sp³-hybridized carbons (Fsp3) is 0.483. The van der Waals surface area contributed by atoms with Crippen LogP contribution in [0.25, 0.3) is 5.52 Å². The number of nitrogens with zero attached hydrogens (tertiary/aromatic N) is 3. The molecule has 4 N–H and O–H groups in total. The summed E-state index contributed by atoms with van der Waals surface area (Å²) < 4.78 is 19.0. The molecule has 0 aliphatic carbocycles. The molecule has 1 saturated heterocycles. The SMILES string of the molecule is CCCC(=O)Nc1ncnn2c([C@]3(C)O[C@H](COC(=O)Cc4ccccc4)[C@@H](OC(=O)[C@@H](N)C(C)C)[C@H]3O)ccc12. The van der Waals surface area contributed by atoms with Crippen LogP contribution in [0.1, 0.15) is 51.8 Å². The zero-order chi connectivity index (χ0) is 29.7. The monoisotopic (exact) mass is 567 g/mol. The smallest absolute Gasteiger partial charge is 0.323 e. The molecule has 2 aromatic heterocycles. The summed E-state index contributed by atoms with van der Waals surface area (Å²) in [4.78, 5) is 41.8. The van der Waals surface area contributed by atoms with Gasteiger partial charge in [-0.15, -0.1) is 0 Å². The van der Waals surface area contributed by atoms with Gasteiger partial charge in [-0.25, -0.2) is 9.50 Å². The molecule has 3 heterocycles. The van der Waals surface area contributed by atoms with Gasteiger partial charge in [0.2, 0.25) is 5.91 Å². The molecule has 4 rings (SSSR count). The van der Waals surface area contributed by atoms with Crippen LogP contribution in [-0.2, 0) is 40.6 Å². The van der Waals surface area contributed by atoms with Crippen LogP contribution in [0.2, 0.25) is 0 Å². The third kappa shape index (κ3) is 6.55. The van der Waals surface area contributed by atoms with E-state index in [2.05, 4.69) is 15.4 Å². The maximum Gasteiger partial charge on any atom is 0.323 e. The first-order valence-electron chi connectivity index (χ1n) is 13.7. The number of esters is 2. The summed E-state index contributed by atoms with van der Waals surface area (Å²) in [7, 11) is 0. The van der Waals surface area contributed by atoms with Gasteiger partial charge in [0.15, 0.2) is 11.9 Å². The highest BCUT2D eigenvalue weighted by atomic mass is 16.6. The minimum atomic E-state index is -1.45. The molecule has 0 spiro atoms. The van der Waals surface area contributed by atoms with E-state index in [1.807, 2.05) is 37.3 Å². The van der Waals surface area contributed by atoms with E-state index in [0.717, 1.165) is 5.56 Å². The predicted octanol–water partition coefficient (Wildman–Crippen LogP) is 2.12. The van der Waals surface area contributed by atoms with E-state index in [-0.39, 0.29) is 24.9 Å². The van der Waals surface area contributed by atoms with Crippen molar-refractivity contribution in [1.29, 1.82) is 0 Å². The fourth-order valence-corrected chi connectivity index (χ4v) is 4.75. The lowest BCUT2D eigenvalue weighted by Crippen LogP contribution is -2.46. The van der Waals surface area contributed by atoms with E-state index in [4.69, 9.17) is 19.9 Å².